The minimum Gasteiger partial charge on any atom is -0.491 e. The Bertz CT molecular complexity index is 615. The predicted molar refractivity (Wildman–Crippen MR) is 75.2 cm³/mol. The van der Waals surface area contributed by atoms with E-state index in [2.05, 4.69) is 26.5 Å². The third kappa shape index (κ3) is 2.40. The quantitative estimate of drug-likeness (QED) is 0.832. The third-order valence-corrected chi connectivity index (χ3v) is 3.96. The van der Waals surface area contributed by atoms with Crippen LogP contribution < -0.4 is 10.2 Å². The summed E-state index contributed by atoms with van der Waals surface area (Å²) in [6.07, 6.45) is 0.0407. The fraction of sp³-hybridized carbons (Fsp3) is 0.308. The summed E-state index contributed by atoms with van der Waals surface area (Å²) in [4.78, 5) is 25.1. The fourth-order valence-corrected chi connectivity index (χ4v) is 2.68. The number of rotatable bonds is 1. The second-order valence-electron chi connectivity index (χ2n) is 4.56. The molecule has 0 aliphatic carbocycles. The Labute approximate surface area is 123 Å². The lowest BCUT2D eigenvalue weighted by atomic mass is 10.1. The number of ether oxygens (including phenoxy) is 1. The molecule has 1 aromatic rings. The number of hydrazone groups is 1. The van der Waals surface area contributed by atoms with Crippen LogP contribution in [0, 0.1) is 0 Å². The van der Waals surface area contributed by atoms with Crippen LogP contribution in [0.1, 0.15) is 12.0 Å². The Morgan fingerprint density at radius 2 is 2.30 bits per heavy atom. The van der Waals surface area contributed by atoms with E-state index in [4.69, 9.17) is 4.74 Å². The van der Waals surface area contributed by atoms with Gasteiger partial charge < -0.3 is 9.64 Å². The molecule has 0 bridgehead atoms. The van der Waals surface area contributed by atoms with Gasteiger partial charge in [-0.2, -0.15) is 5.10 Å². The van der Waals surface area contributed by atoms with Crippen molar-refractivity contribution in [2.45, 2.75) is 13.0 Å². The second-order valence-corrected chi connectivity index (χ2v) is 5.42. The van der Waals surface area contributed by atoms with E-state index in [1.54, 1.807) is 4.90 Å². The molecule has 2 aliphatic rings. The highest BCUT2D eigenvalue weighted by Gasteiger charge is 2.28. The number of amides is 2. The molecule has 0 atom stereocenters. The van der Waals surface area contributed by atoms with E-state index < -0.39 is 0 Å². The molecule has 104 valence electrons. The Morgan fingerprint density at radius 1 is 1.45 bits per heavy atom. The van der Waals surface area contributed by atoms with Crippen LogP contribution in [-0.4, -0.2) is 35.6 Å². The van der Waals surface area contributed by atoms with Crippen molar-refractivity contribution in [3.63, 3.8) is 0 Å². The molecule has 0 fully saturated rings. The molecule has 2 amide bonds. The smallest absolute Gasteiger partial charge is 0.271 e. The molecule has 6 nitrogen and oxygen atoms in total. The van der Waals surface area contributed by atoms with Gasteiger partial charge in [0.1, 0.15) is 18.1 Å². The zero-order valence-corrected chi connectivity index (χ0v) is 12.1. The highest BCUT2D eigenvalue weighted by atomic mass is 79.9. The maximum absolute atomic E-state index is 12.4. The van der Waals surface area contributed by atoms with Crippen LogP contribution in [0.15, 0.2) is 27.8 Å². The lowest BCUT2D eigenvalue weighted by molar-refractivity contribution is -0.125. The van der Waals surface area contributed by atoms with Crippen LogP contribution in [0.3, 0.4) is 0 Å². The summed E-state index contributed by atoms with van der Waals surface area (Å²) >= 11 is 3.47. The lowest BCUT2D eigenvalue weighted by Crippen LogP contribution is -2.37. The lowest BCUT2D eigenvalue weighted by Gasteiger charge is -2.19. The first-order valence-electron chi connectivity index (χ1n) is 6.20. The SMILES string of the molecule is O=C1CC(C(=O)N2CCOc3cccc(Br)c3C2)=NN1. The van der Waals surface area contributed by atoms with Crippen LogP contribution in [0.5, 0.6) is 5.75 Å². The first-order valence-corrected chi connectivity index (χ1v) is 6.99. The monoisotopic (exact) mass is 337 g/mol. The maximum Gasteiger partial charge on any atom is 0.271 e. The van der Waals surface area contributed by atoms with Gasteiger partial charge in [0.15, 0.2) is 0 Å². The van der Waals surface area contributed by atoms with Gasteiger partial charge in [-0.15, -0.1) is 0 Å². The van der Waals surface area contributed by atoms with E-state index >= 15 is 0 Å². The van der Waals surface area contributed by atoms with Crippen LogP contribution in [0.25, 0.3) is 0 Å². The van der Waals surface area contributed by atoms with E-state index in [0.717, 1.165) is 15.8 Å². The molecular weight excluding hydrogens is 326 g/mol. The molecule has 0 saturated carbocycles. The van der Waals surface area contributed by atoms with E-state index in [1.807, 2.05) is 18.2 Å². The molecule has 0 saturated heterocycles. The van der Waals surface area contributed by atoms with Crippen molar-refractivity contribution in [1.29, 1.82) is 0 Å². The minimum absolute atomic E-state index is 0.0407. The predicted octanol–water partition coefficient (Wildman–Crippen LogP) is 1.05. The van der Waals surface area contributed by atoms with Crippen molar-refractivity contribution in [1.82, 2.24) is 10.3 Å². The topological polar surface area (TPSA) is 71.0 Å². The number of hydrogen-bond acceptors (Lipinski definition) is 4. The molecule has 20 heavy (non-hydrogen) atoms. The average molecular weight is 338 g/mol. The average Bonchev–Trinajstić information content (AvgIpc) is 2.74. The molecule has 3 rings (SSSR count). The van der Waals surface area contributed by atoms with Crippen molar-refractivity contribution in [3.05, 3.63) is 28.2 Å². The van der Waals surface area contributed by atoms with Gasteiger partial charge in [-0.1, -0.05) is 22.0 Å². The van der Waals surface area contributed by atoms with Crippen molar-refractivity contribution in [2.75, 3.05) is 13.2 Å². The van der Waals surface area contributed by atoms with Crippen molar-refractivity contribution >= 4 is 33.5 Å². The van der Waals surface area contributed by atoms with Crippen molar-refractivity contribution in [2.24, 2.45) is 5.10 Å². The fourth-order valence-electron chi connectivity index (χ4n) is 2.20. The Hall–Kier alpha value is -1.89. The minimum atomic E-state index is -0.249. The Morgan fingerprint density at radius 3 is 3.05 bits per heavy atom. The molecule has 0 radical (unpaired) electrons. The Balaban J connectivity index is 1.84. The zero-order chi connectivity index (χ0) is 14.1. The number of nitrogens with one attached hydrogen (secondary N) is 1. The van der Waals surface area contributed by atoms with Gasteiger partial charge in [0.25, 0.3) is 5.91 Å². The van der Waals surface area contributed by atoms with Gasteiger partial charge in [-0.3, -0.25) is 9.59 Å². The molecule has 0 spiro atoms. The molecule has 2 aliphatic heterocycles. The molecule has 0 unspecified atom stereocenters. The van der Waals surface area contributed by atoms with Gasteiger partial charge in [0, 0.05) is 10.0 Å². The number of hydrogen-bond donors (Lipinski definition) is 1. The summed E-state index contributed by atoms with van der Waals surface area (Å²) in [7, 11) is 0. The van der Waals surface area contributed by atoms with E-state index in [0.29, 0.717) is 19.7 Å². The van der Waals surface area contributed by atoms with Crippen LogP contribution in [0.2, 0.25) is 0 Å². The summed E-state index contributed by atoms with van der Waals surface area (Å²) in [6, 6.07) is 5.69. The highest BCUT2D eigenvalue weighted by Crippen LogP contribution is 2.30. The number of halogens is 1. The largest absolute Gasteiger partial charge is 0.491 e. The maximum atomic E-state index is 12.4. The Kier molecular flexibility index (Phi) is 3.43. The third-order valence-electron chi connectivity index (χ3n) is 3.22. The molecule has 1 aromatic carbocycles. The van der Waals surface area contributed by atoms with Crippen molar-refractivity contribution in [3.8, 4) is 5.75 Å². The van der Waals surface area contributed by atoms with E-state index in [-0.39, 0.29) is 23.9 Å². The molecule has 1 N–H and O–H groups in total. The molecule has 0 aromatic heterocycles. The summed E-state index contributed by atoms with van der Waals surface area (Å²) in [5.74, 6) is 0.300. The normalized spacial score (nSPS) is 17.8. The highest BCUT2D eigenvalue weighted by molar-refractivity contribution is 9.10. The molecular formula is C13H12BrN3O3. The first kappa shape index (κ1) is 13.1. The first-order chi connectivity index (χ1) is 9.65. The standard InChI is InChI=1S/C13H12BrN3O3/c14-9-2-1-3-11-8(9)7-17(4-5-20-11)13(19)10-6-12(18)16-15-10/h1-3H,4-7H2,(H,16,18). The number of carbonyl (C=O) groups is 2. The summed E-state index contributed by atoms with van der Waals surface area (Å²) in [6.45, 7) is 1.32. The van der Waals surface area contributed by atoms with Crippen LogP contribution in [-0.2, 0) is 16.1 Å². The molecule has 7 heteroatoms. The number of benzene rings is 1. The number of carbonyl (C=O) groups excluding carboxylic acids is 2. The van der Waals surface area contributed by atoms with Crippen LogP contribution in [0.4, 0.5) is 0 Å². The summed E-state index contributed by atoms with van der Waals surface area (Å²) in [5.41, 5.74) is 3.48. The van der Waals surface area contributed by atoms with Crippen molar-refractivity contribution < 1.29 is 14.3 Å². The summed E-state index contributed by atoms with van der Waals surface area (Å²) in [5, 5.41) is 3.77. The number of nitrogens with zero attached hydrogens (tertiary/aromatic N) is 2. The van der Waals surface area contributed by atoms with Gasteiger partial charge in [-0.25, -0.2) is 5.43 Å². The second kappa shape index (κ2) is 5.24. The molecule has 2 heterocycles. The summed E-state index contributed by atoms with van der Waals surface area (Å²) < 4.78 is 6.55. The van der Waals surface area contributed by atoms with Gasteiger partial charge >= 0.3 is 0 Å². The van der Waals surface area contributed by atoms with Crippen LogP contribution >= 0.6 is 15.9 Å². The van der Waals surface area contributed by atoms with E-state index in [9.17, 15) is 9.59 Å². The number of fused-ring (bicyclic) bond motifs is 1. The van der Waals surface area contributed by atoms with E-state index in [1.165, 1.54) is 0 Å². The zero-order valence-electron chi connectivity index (χ0n) is 10.6. The van der Waals surface area contributed by atoms with Gasteiger partial charge in [-0.05, 0) is 12.1 Å². The van der Waals surface area contributed by atoms with Gasteiger partial charge in [0.2, 0.25) is 5.91 Å². The van der Waals surface area contributed by atoms with Gasteiger partial charge in [0.05, 0.1) is 19.5 Å².